The lowest BCUT2D eigenvalue weighted by Gasteiger charge is -2.07. The van der Waals surface area contributed by atoms with E-state index in [1.165, 1.54) is 24.3 Å². The summed E-state index contributed by atoms with van der Waals surface area (Å²) in [5.74, 6) is -0.0714. The Hall–Kier alpha value is -3.44. The van der Waals surface area contributed by atoms with Crippen LogP contribution in [0.5, 0.6) is 11.5 Å². The van der Waals surface area contributed by atoms with Crippen molar-refractivity contribution < 1.29 is 23.5 Å². The van der Waals surface area contributed by atoms with Crippen LogP contribution < -0.4 is 9.47 Å². The predicted molar refractivity (Wildman–Crippen MR) is 107 cm³/mol. The van der Waals surface area contributed by atoms with Gasteiger partial charge < -0.3 is 9.47 Å². The van der Waals surface area contributed by atoms with Gasteiger partial charge in [-0.25, -0.2) is 4.39 Å². The van der Waals surface area contributed by atoms with Crippen molar-refractivity contribution in [1.29, 1.82) is 0 Å². The van der Waals surface area contributed by atoms with Crippen molar-refractivity contribution in [2.24, 2.45) is 0 Å². The van der Waals surface area contributed by atoms with E-state index >= 15 is 0 Å². The quantitative estimate of drug-likeness (QED) is 0.421. The molecule has 6 heteroatoms. The summed E-state index contributed by atoms with van der Waals surface area (Å²) in [6, 6.07) is 17.1. The number of Topliss-reactive ketones (excluding diaryl/α,β-unsaturated/α-hetero) is 2. The van der Waals surface area contributed by atoms with Crippen LogP contribution in [0, 0.1) is 5.82 Å². The van der Waals surface area contributed by atoms with Gasteiger partial charge in [-0.1, -0.05) is 29.8 Å². The van der Waals surface area contributed by atoms with Gasteiger partial charge in [0.25, 0.3) is 0 Å². The van der Waals surface area contributed by atoms with E-state index in [9.17, 15) is 14.0 Å². The van der Waals surface area contributed by atoms with E-state index in [1.807, 2.05) is 6.07 Å². The van der Waals surface area contributed by atoms with Gasteiger partial charge in [0.05, 0.1) is 5.56 Å². The molecule has 1 aliphatic heterocycles. The average Bonchev–Trinajstić information content (AvgIpc) is 3.03. The zero-order valence-electron chi connectivity index (χ0n) is 15.0. The number of ether oxygens (including phenoxy) is 2. The van der Waals surface area contributed by atoms with E-state index in [1.54, 1.807) is 42.5 Å². The molecule has 0 spiro atoms. The summed E-state index contributed by atoms with van der Waals surface area (Å²) < 4.78 is 24.1. The van der Waals surface area contributed by atoms with Gasteiger partial charge in [-0.15, -0.1) is 0 Å². The van der Waals surface area contributed by atoms with Crippen LogP contribution in [-0.4, -0.2) is 18.2 Å². The Morgan fingerprint density at radius 3 is 2.59 bits per heavy atom. The Morgan fingerprint density at radius 1 is 1.07 bits per heavy atom. The molecule has 1 aliphatic rings. The third-order valence-electron chi connectivity index (χ3n) is 4.37. The topological polar surface area (TPSA) is 52.6 Å². The van der Waals surface area contributed by atoms with Gasteiger partial charge in [0.15, 0.2) is 18.1 Å². The van der Waals surface area contributed by atoms with Gasteiger partial charge in [-0.3, -0.25) is 9.59 Å². The summed E-state index contributed by atoms with van der Waals surface area (Å²) >= 11 is 6.13. The number of carbonyl (C=O) groups is 2. The normalized spacial score (nSPS) is 13.9. The fourth-order valence-corrected chi connectivity index (χ4v) is 3.05. The molecular weight excluding hydrogens is 395 g/mol. The number of hydrogen-bond donors (Lipinski definition) is 0. The first-order valence-electron chi connectivity index (χ1n) is 8.75. The first kappa shape index (κ1) is 18.9. The number of fused-ring (bicyclic) bond motifs is 1. The molecule has 144 valence electrons. The zero-order valence-corrected chi connectivity index (χ0v) is 15.8. The minimum atomic E-state index is -0.413. The molecule has 0 saturated carbocycles. The first-order chi connectivity index (χ1) is 14.0. The number of carbonyl (C=O) groups excluding carboxylic acids is 2. The summed E-state index contributed by atoms with van der Waals surface area (Å²) in [5.41, 5.74) is 1.43. The number of hydrogen-bond acceptors (Lipinski definition) is 4. The zero-order chi connectivity index (χ0) is 20.4. The van der Waals surface area contributed by atoms with Crippen molar-refractivity contribution in [2.75, 3.05) is 6.61 Å². The standard InChI is InChI=1S/C23H14ClFO4/c24-19-4-2-1-3-15(19)11-22-23(27)18-10-9-17(12-21(18)29-22)28-13-20(26)14-5-7-16(25)8-6-14/h1-12H,13H2/b22-11-. The molecule has 1 heterocycles. The molecule has 3 aromatic rings. The summed E-state index contributed by atoms with van der Waals surface area (Å²) in [7, 11) is 0. The molecule has 0 bridgehead atoms. The number of benzene rings is 3. The Bertz CT molecular complexity index is 1140. The second kappa shape index (κ2) is 7.89. The Labute approximate surface area is 171 Å². The molecule has 0 radical (unpaired) electrons. The van der Waals surface area contributed by atoms with Crippen molar-refractivity contribution in [3.63, 3.8) is 0 Å². The second-order valence-electron chi connectivity index (χ2n) is 6.34. The first-order valence-corrected chi connectivity index (χ1v) is 9.13. The molecule has 29 heavy (non-hydrogen) atoms. The highest BCUT2D eigenvalue weighted by Crippen LogP contribution is 2.35. The highest BCUT2D eigenvalue weighted by atomic mass is 35.5. The molecule has 0 fully saturated rings. The van der Waals surface area contributed by atoms with Gasteiger partial charge in [0.1, 0.15) is 17.3 Å². The lowest BCUT2D eigenvalue weighted by molar-refractivity contribution is 0.0920. The van der Waals surface area contributed by atoms with E-state index in [0.717, 1.165) is 0 Å². The van der Waals surface area contributed by atoms with Crippen LogP contribution in [0.4, 0.5) is 4.39 Å². The molecule has 0 unspecified atom stereocenters. The number of halogens is 2. The van der Waals surface area contributed by atoms with Gasteiger partial charge in [-0.05, 0) is 54.1 Å². The van der Waals surface area contributed by atoms with Gasteiger partial charge >= 0.3 is 0 Å². The van der Waals surface area contributed by atoms with Crippen LogP contribution >= 0.6 is 11.6 Å². The molecule has 0 N–H and O–H groups in total. The van der Waals surface area contributed by atoms with Crippen molar-refractivity contribution in [3.8, 4) is 11.5 Å². The predicted octanol–water partition coefficient (Wildman–Crippen LogP) is 5.36. The van der Waals surface area contributed by atoms with Crippen molar-refractivity contribution >= 4 is 29.2 Å². The van der Waals surface area contributed by atoms with Crippen molar-refractivity contribution in [1.82, 2.24) is 0 Å². The molecule has 4 nitrogen and oxygen atoms in total. The second-order valence-corrected chi connectivity index (χ2v) is 6.75. The molecule has 0 saturated heterocycles. The van der Waals surface area contributed by atoms with Crippen molar-refractivity contribution in [2.45, 2.75) is 0 Å². The molecule has 0 atom stereocenters. The average molecular weight is 409 g/mol. The maximum Gasteiger partial charge on any atom is 0.231 e. The van der Waals surface area contributed by atoms with Crippen LogP contribution in [0.2, 0.25) is 5.02 Å². The Balaban J connectivity index is 1.48. The van der Waals surface area contributed by atoms with E-state index < -0.39 is 5.82 Å². The highest BCUT2D eigenvalue weighted by Gasteiger charge is 2.28. The van der Waals surface area contributed by atoms with Crippen LogP contribution in [0.1, 0.15) is 26.3 Å². The minimum Gasteiger partial charge on any atom is -0.485 e. The number of allylic oxidation sites excluding steroid dienone is 1. The van der Waals surface area contributed by atoms with Crippen LogP contribution in [0.25, 0.3) is 6.08 Å². The fraction of sp³-hybridized carbons (Fsp3) is 0.0435. The molecule has 3 aromatic carbocycles. The van der Waals surface area contributed by atoms with Gasteiger partial charge in [-0.2, -0.15) is 0 Å². The smallest absolute Gasteiger partial charge is 0.231 e. The lowest BCUT2D eigenvalue weighted by atomic mass is 10.1. The van der Waals surface area contributed by atoms with Gasteiger partial charge in [0.2, 0.25) is 5.78 Å². The molecule has 0 aromatic heterocycles. The van der Waals surface area contributed by atoms with Crippen LogP contribution in [0.3, 0.4) is 0 Å². The minimum absolute atomic E-state index is 0.160. The molecular formula is C23H14ClFO4. The van der Waals surface area contributed by atoms with E-state index in [-0.39, 0.29) is 23.9 Å². The summed E-state index contributed by atoms with van der Waals surface area (Å²) in [6.07, 6.45) is 1.59. The maximum absolute atomic E-state index is 13.0. The third-order valence-corrected chi connectivity index (χ3v) is 4.71. The van der Waals surface area contributed by atoms with Crippen molar-refractivity contribution in [3.05, 3.63) is 100 Å². The lowest BCUT2D eigenvalue weighted by Crippen LogP contribution is -2.11. The molecule has 0 aliphatic carbocycles. The molecule has 4 rings (SSSR count). The summed E-state index contributed by atoms with van der Waals surface area (Å²) in [4.78, 5) is 24.7. The highest BCUT2D eigenvalue weighted by molar-refractivity contribution is 6.32. The Kier molecular flexibility index (Phi) is 5.14. The van der Waals surface area contributed by atoms with Crippen LogP contribution in [0.15, 0.2) is 72.5 Å². The van der Waals surface area contributed by atoms with E-state index in [2.05, 4.69) is 0 Å². The monoisotopic (exact) mass is 408 g/mol. The molecule has 0 amide bonds. The maximum atomic E-state index is 13.0. The third kappa shape index (κ3) is 4.05. The fourth-order valence-electron chi connectivity index (χ4n) is 2.86. The SMILES string of the molecule is O=C(COc1ccc2c(c1)O/C(=C\c1ccccc1Cl)C2=O)c1ccc(F)cc1. The van der Waals surface area contributed by atoms with Crippen LogP contribution in [-0.2, 0) is 0 Å². The largest absolute Gasteiger partial charge is 0.485 e. The van der Waals surface area contributed by atoms with E-state index in [4.69, 9.17) is 21.1 Å². The summed E-state index contributed by atoms with van der Waals surface area (Å²) in [6.45, 7) is -0.222. The summed E-state index contributed by atoms with van der Waals surface area (Å²) in [5, 5.41) is 0.510. The Morgan fingerprint density at radius 2 is 1.83 bits per heavy atom. The number of ketones is 2. The van der Waals surface area contributed by atoms with E-state index in [0.29, 0.717) is 33.2 Å². The number of rotatable bonds is 5. The van der Waals surface area contributed by atoms with Gasteiger partial charge in [0, 0.05) is 16.7 Å².